The van der Waals surface area contributed by atoms with Gasteiger partial charge in [0, 0.05) is 18.6 Å². The lowest BCUT2D eigenvalue weighted by Crippen LogP contribution is -2.21. The molecule has 1 atom stereocenters. The number of aryl methyl sites for hydroxylation is 1. The number of nitrogens with two attached hydrogens (primary N) is 1. The van der Waals surface area contributed by atoms with Gasteiger partial charge in [-0.1, -0.05) is 19.1 Å². The third-order valence-electron chi connectivity index (χ3n) is 3.84. The lowest BCUT2D eigenvalue weighted by molar-refractivity contribution is -0.384. The number of benzene rings is 1. The number of nitro benzene ring substituents is 1. The summed E-state index contributed by atoms with van der Waals surface area (Å²) in [5.41, 5.74) is 7.45. The second-order valence-electron chi connectivity index (χ2n) is 5.43. The molecule has 0 saturated carbocycles. The molecule has 0 radical (unpaired) electrons. The zero-order chi connectivity index (χ0) is 17.3. The van der Waals surface area contributed by atoms with Gasteiger partial charge in [-0.2, -0.15) is 10.2 Å². The van der Waals surface area contributed by atoms with Gasteiger partial charge >= 0.3 is 0 Å². The molecule has 0 bridgehead atoms. The SMILES string of the molecule is CCCc1nc2c([nH]1)C(c1ccc([N+](=O)[O-])cc1)C(C#N)=C(N)O2. The first kappa shape index (κ1) is 15.6. The Bertz CT molecular complexity index is 861. The van der Waals surface area contributed by atoms with E-state index in [0.29, 0.717) is 17.1 Å². The van der Waals surface area contributed by atoms with Crippen LogP contribution < -0.4 is 10.5 Å². The van der Waals surface area contributed by atoms with Crippen molar-refractivity contribution in [2.75, 3.05) is 0 Å². The normalized spacial score (nSPS) is 16.2. The number of rotatable bonds is 4. The molecule has 0 aliphatic carbocycles. The molecule has 0 amide bonds. The summed E-state index contributed by atoms with van der Waals surface area (Å²) in [5.74, 6) is 0.611. The largest absolute Gasteiger partial charge is 0.420 e. The third-order valence-corrected chi connectivity index (χ3v) is 3.84. The summed E-state index contributed by atoms with van der Waals surface area (Å²) in [5, 5.41) is 20.3. The van der Waals surface area contributed by atoms with E-state index in [4.69, 9.17) is 10.5 Å². The molecule has 0 fully saturated rings. The number of nitriles is 1. The van der Waals surface area contributed by atoms with E-state index in [2.05, 4.69) is 16.0 Å². The standard InChI is InChI=1S/C16H15N5O3/c1-2-3-12-19-14-13(9-4-6-10(7-5-9)21(22)23)11(8-17)15(18)24-16(14)20-12/h4-7,13H,2-3,18H2,1H3,(H,19,20). The number of aromatic nitrogens is 2. The van der Waals surface area contributed by atoms with E-state index in [1.54, 1.807) is 12.1 Å². The van der Waals surface area contributed by atoms with Crippen molar-refractivity contribution in [3.05, 3.63) is 62.9 Å². The lowest BCUT2D eigenvalue weighted by Gasteiger charge is -2.22. The molecule has 122 valence electrons. The highest BCUT2D eigenvalue weighted by molar-refractivity contribution is 5.52. The molecular formula is C16H15N5O3. The number of nitrogens with one attached hydrogen (secondary N) is 1. The van der Waals surface area contributed by atoms with E-state index in [-0.39, 0.29) is 17.1 Å². The molecule has 2 heterocycles. The minimum Gasteiger partial charge on any atom is -0.420 e. The van der Waals surface area contributed by atoms with Gasteiger partial charge in [-0.3, -0.25) is 10.1 Å². The Kier molecular flexibility index (Phi) is 3.92. The first-order valence-corrected chi connectivity index (χ1v) is 7.45. The molecule has 3 N–H and O–H groups in total. The van der Waals surface area contributed by atoms with Crippen LogP contribution in [0.2, 0.25) is 0 Å². The van der Waals surface area contributed by atoms with E-state index in [0.717, 1.165) is 18.7 Å². The fourth-order valence-corrected chi connectivity index (χ4v) is 2.74. The summed E-state index contributed by atoms with van der Waals surface area (Å²) in [7, 11) is 0. The zero-order valence-corrected chi connectivity index (χ0v) is 12.9. The quantitative estimate of drug-likeness (QED) is 0.656. The molecule has 1 aromatic carbocycles. The van der Waals surface area contributed by atoms with Gasteiger partial charge in [-0.25, -0.2) is 0 Å². The van der Waals surface area contributed by atoms with Crippen LogP contribution in [-0.2, 0) is 6.42 Å². The molecule has 8 nitrogen and oxygen atoms in total. The Hall–Kier alpha value is -3.34. The van der Waals surface area contributed by atoms with Crippen LogP contribution in [0.25, 0.3) is 0 Å². The molecule has 2 aromatic rings. The van der Waals surface area contributed by atoms with Crippen LogP contribution in [-0.4, -0.2) is 14.9 Å². The van der Waals surface area contributed by atoms with Crippen LogP contribution in [0, 0.1) is 21.4 Å². The van der Waals surface area contributed by atoms with Crippen molar-refractivity contribution in [1.82, 2.24) is 9.97 Å². The number of ether oxygens (including phenoxy) is 1. The van der Waals surface area contributed by atoms with E-state index >= 15 is 0 Å². The fourth-order valence-electron chi connectivity index (χ4n) is 2.74. The first-order valence-electron chi connectivity index (χ1n) is 7.45. The second-order valence-corrected chi connectivity index (χ2v) is 5.43. The van der Waals surface area contributed by atoms with Crippen molar-refractivity contribution in [2.24, 2.45) is 5.73 Å². The summed E-state index contributed by atoms with van der Waals surface area (Å²) >= 11 is 0. The third kappa shape index (κ3) is 2.56. The maximum Gasteiger partial charge on any atom is 0.269 e. The smallest absolute Gasteiger partial charge is 0.269 e. The average Bonchev–Trinajstić information content (AvgIpc) is 2.95. The highest BCUT2D eigenvalue weighted by Gasteiger charge is 2.33. The van der Waals surface area contributed by atoms with Crippen molar-refractivity contribution in [3.63, 3.8) is 0 Å². The number of aromatic amines is 1. The van der Waals surface area contributed by atoms with Crippen LogP contribution in [0.3, 0.4) is 0 Å². The predicted octanol–water partition coefficient (Wildman–Crippen LogP) is 2.49. The number of nitro groups is 1. The minimum atomic E-state index is -0.488. The molecule has 1 unspecified atom stereocenters. The van der Waals surface area contributed by atoms with E-state index in [1.165, 1.54) is 12.1 Å². The highest BCUT2D eigenvalue weighted by Crippen LogP contribution is 2.40. The second kappa shape index (κ2) is 6.04. The Morgan fingerprint density at radius 2 is 2.17 bits per heavy atom. The van der Waals surface area contributed by atoms with Crippen molar-refractivity contribution in [2.45, 2.75) is 25.7 Å². The monoisotopic (exact) mass is 325 g/mol. The number of hydrogen-bond donors (Lipinski definition) is 2. The fraction of sp³-hybridized carbons (Fsp3) is 0.250. The lowest BCUT2D eigenvalue weighted by atomic mass is 9.88. The number of nitrogens with zero attached hydrogens (tertiary/aromatic N) is 3. The van der Waals surface area contributed by atoms with Gasteiger partial charge in [0.25, 0.3) is 5.69 Å². The summed E-state index contributed by atoms with van der Waals surface area (Å²) in [6, 6.07) is 8.10. The van der Waals surface area contributed by atoms with Crippen LogP contribution in [0.5, 0.6) is 5.88 Å². The van der Waals surface area contributed by atoms with Crippen molar-refractivity contribution in [1.29, 1.82) is 5.26 Å². The number of hydrogen-bond acceptors (Lipinski definition) is 6. The minimum absolute atomic E-state index is 0.00269. The van der Waals surface area contributed by atoms with Crippen LogP contribution in [0.4, 0.5) is 5.69 Å². The van der Waals surface area contributed by atoms with E-state index in [1.807, 2.05) is 6.92 Å². The Morgan fingerprint density at radius 1 is 1.46 bits per heavy atom. The van der Waals surface area contributed by atoms with E-state index < -0.39 is 10.8 Å². The van der Waals surface area contributed by atoms with Crippen LogP contribution in [0.1, 0.15) is 36.3 Å². The molecular weight excluding hydrogens is 310 g/mol. The van der Waals surface area contributed by atoms with E-state index in [9.17, 15) is 15.4 Å². The van der Waals surface area contributed by atoms with Gasteiger partial charge in [-0.15, -0.1) is 0 Å². The van der Waals surface area contributed by atoms with Crippen LogP contribution >= 0.6 is 0 Å². The summed E-state index contributed by atoms with van der Waals surface area (Å²) in [4.78, 5) is 17.9. The van der Waals surface area contributed by atoms with Gasteiger partial charge in [-0.05, 0) is 12.0 Å². The molecule has 0 spiro atoms. The van der Waals surface area contributed by atoms with Crippen molar-refractivity contribution >= 4 is 5.69 Å². The maximum atomic E-state index is 10.8. The number of fused-ring (bicyclic) bond motifs is 1. The predicted molar refractivity (Wildman–Crippen MR) is 85.0 cm³/mol. The Morgan fingerprint density at radius 3 is 2.75 bits per heavy atom. The van der Waals surface area contributed by atoms with Crippen molar-refractivity contribution < 1.29 is 9.66 Å². The summed E-state index contributed by atoms with van der Waals surface area (Å²) in [6.45, 7) is 2.03. The Balaban J connectivity index is 2.10. The van der Waals surface area contributed by atoms with Gasteiger partial charge in [0.05, 0.1) is 16.5 Å². The maximum absolute atomic E-state index is 10.8. The molecule has 1 aromatic heterocycles. The summed E-state index contributed by atoms with van der Waals surface area (Å²) < 4.78 is 5.46. The zero-order valence-electron chi connectivity index (χ0n) is 12.9. The molecule has 8 heteroatoms. The van der Waals surface area contributed by atoms with Gasteiger partial charge in [0.1, 0.15) is 17.5 Å². The average molecular weight is 325 g/mol. The molecule has 1 aliphatic rings. The number of H-pyrrole nitrogens is 1. The number of non-ortho nitro benzene ring substituents is 1. The molecule has 0 saturated heterocycles. The first-order chi connectivity index (χ1) is 11.5. The van der Waals surface area contributed by atoms with Gasteiger partial charge in [0.2, 0.25) is 11.8 Å². The molecule has 3 rings (SSSR count). The van der Waals surface area contributed by atoms with Gasteiger partial charge < -0.3 is 15.5 Å². The Labute approximate surface area is 137 Å². The topological polar surface area (TPSA) is 131 Å². The number of imidazole rings is 1. The van der Waals surface area contributed by atoms with Crippen LogP contribution in [0.15, 0.2) is 35.7 Å². The van der Waals surface area contributed by atoms with Gasteiger partial charge in [0.15, 0.2) is 0 Å². The highest BCUT2D eigenvalue weighted by atomic mass is 16.6. The molecule has 24 heavy (non-hydrogen) atoms. The number of allylic oxidation sites excluding steroid dienone is 1. The summed E-state index contributed by atoms with van der Waals surface area (Å²) in [6.07, 6.45) is 1.65. The molecule has 1 aliphatic heterocycles. The van der Waals surface area contributed by atoms with Crippen molar-refractivity contribution in [3.8, 4) is 11.9 Å².